The van der Waals surface area contributed by atoms with E-state index < -0.39 is 0 Å². The Hall–Kier alpha value is -0.120. The third kappa shape index (κ3) is 3.18. The molecule has 11 heavy (non-hydrogen) atoms. The summed E-state index contributed by atoms with van der Waals surface area (Å²) in [6.07, 6.45) is 3.65. The number of nitrogens with one attached hydrogen (secondary N) is 1. The summed E-state index contributed by atoms with van der Waals surface area (Å²) < 4.78 is 0. The molecule has 1 saturated carbocycles. The summed E-state index contributed by atoms with van der Waals surface area (Å²) in [6, 6.07) is 0.531. The first kappa shape index (κ1) is 8.97. The highest BCUT2D eigenvalue weighted by Crippen LogP contribution is 2.18. The van der Waals surface area contributed by atoms with Crippen molar-refractivity contribution >= 4 is 0 Å². The van der Waals surface area contributed by atoms with Gasteiger partial charge in [0.2, 0.25) is 0 Å². The molecule has 0 aromatic carbocycles. The molecule has 3 N–H and O–H groups in total. The first-order valence-corrected chi connectivity index (χ1v) is 4.35. The van der Waals surface area contributed by atoms with Gasteiger partial charge in [0.15, 0.2) is 0 Å². The van der Waals surface area contributed by atoms with Gasteiger partial charge in [0.1, 0.15) is 0 Å². The third-order valence-electron chi connectivity index (χ3n) is 2.13. The van der Waals surface area contributed by atoms with Crippen LogP contribution in [0.1, 0.15) is 25.7 Å². The Balaban J connectivity index is 1.81. The van der Waals surface area contributed by atoms with E-state index in [0.717, 1.165) is 32.2 Å². The van der Waals surface area contributed by atoms with Gasteiger partial charge in [-0.25, -0.2) is 0 Å². The van der Waals surface area contributed by atoms with Gasteiger partial charge in [0.05, 0.1) is 6.10 Å². The van der Waals surface area contributed by atoms with Crippen molar-refractivity contribution < 1.29 is 10.2 Å². The molecule has 3 nitrogen and oxygen atoms in total. The van der Waals surface area contributed by atoms with Gasteiger partial charge in [0, 0.05) is 12.6 Å². The summed E-state index contributed by atoms with van der Waals surface area (Å²) in [5, 5.41) is 20.7. The fraction of sp³-hybridized carbons (Fsp3) is 1.00. The smallest absolute Gasteiger partial charge is 0.0570 e. The largest absolute Gasteiger partial charge is 0.396 e. The van der Waals surface area contributed by atoms with Crippen LogP contribution in [0.4, 0.5) is 0 Å². The monoisotopic (exact) mass is 159 g/mol. The number of hydrogen-bond donors (Lipinski definition) is 3. The Morgan fingerprint density at radius 3 is 2.55 bits per heavy atom. The van der Waals surface area contributed by atoms with E-state index in [1.807, 2.05) is 0 Å². The molecule has 1 aliphatic rings. The lowest BCUT2D eigenvalue weighted by atomic mass is 9.89. The molecule has 66 valence electrons. The average Bonchev–Trinajstić information content (AvgIpc) is 1.94. The SMILES string of the molecule is OCCCCNC1CC(O)C1. The molecule has 0 unspecified atom stereocenters. The van der Waals surface area contributed by atoms with Crippen LogP contribution in [0.2, 0.25) is 0 Å². The molecular formula is C8H17NO2. The summed E-state index contributed by atoms with van der Waals surface area (Å²) >= 11 is 0. The maximum absolute atomic E-state index is 8.94. The molecule has 0 amide bonds. The maximum atomic E-state index is 8.94. The zero-order chi connectivity index (χ0) is 8.10. The van der Waals surface area contributed by atoms with Crippen molar-refractivity contribution in [1.82, 2.24) is 5.32 Å². The van der Waals surface area contributed by atoms with Crippen LogP contribution in [-0.4, -0.2) is 35.5 Å². The molecule has 0 aliphatic heterocycles. The quantitative estimate of drug-likeness (QED) is 0.490. The van der Waals surface area contributed by atoms with E-state index in [9.17, 15) is 0 Å². The molecule has 0 atom stereocenters. The van der Waals surface area contributed by atoms with Crippen molar-refractivity contribution in [3.8, 4) is 0 Å². The van der Waals surface area contributed by atoms with Crippen LogP contribution in [0.5, 0.6) is 0 Å². The summed E-state index contributed by atoms with van der Waals surface area (Å²) in [5.41, 5.74) is 0. The minimum absolute atomic E-state index is 0.0645. The first-order chi connectivity index (χ1) is 5.33. The lowest BCUT2D eigenvalue weighted by Gasteiger charge is -2.32. The minimum Gasteiger partial charge on any atom is -0.396 e. The number of rotatable bonds is 5. The highest BCUT2D eigenvalue weighted by Gasteiger charge is 2.25. The van der Waals surface area contributed by atoms with Gasteiger partial charge >= 0.3 is 0 Å². The summed E-state index contributed by atoms with van der Waals surface area (Å²) in [7, 11) is 0. The van der Waals surface area contributed by atoms with Crippen LogP contribution >= 0.6 is 0 Å². The number of unbranched alkanes of at least 4 members (excludes halogenated alkanes) is 1. The van der Waals surface area contributed by atoms with Crippen molar-refractivity contribution in [2.24, 2.45) is 0 Å². The van der Waals surface area contributed by atoms with Gasteiger partial charge in [0.25, 0.3) is 0 Å². The summed E-state index contributed by atoms with van der Waals surface area (Å²) in [4.78, 5) is 0. The average molecular weight is 159 g/mol. The van der Waals surface area contributed by atoms with E-state index >= 15 is 0 Å². The normalized spacial score (nSPS) is 30.0. The molecule has 1 aliphatic carbocycles. The number of aliphatic hydroxyl groups is 2. The van der Waals surface area contributed by atoms with Crippen molar-refractivity contribution in [2.45, 2.75) is 37.8 Å². The highest BCUT2D eigenvalue weighted by atomic mass is 16.3. The first-order valence-electron chi connectivity index (χ1n) is 4.35. The van der Waals surface area contributed by atoms with Crippen LogP contribution in [0.15, 0.2) is 0 Å². The molecule has 0 aromatic heterocycles. The van der Waals surface area contributed by atoms with Crippen LogP contribution in [-0.2, 0) is 0 Å². The Morgan fingerprint density at radius 1 is 1.27 bits per heavy atom. The standard InChI is InChI=1S/C8H17NO2/c10-4-2-1-3-9-7-5-8(11)6-7/h7-11H,1-6H2. The second kappa shape index (κ2) is 4.70. The molecule has 0 saturated heterocycles. The maximum Gasteiger partial charge on any atom is 0.0570 e. The second-order valence-corrected chi connectivity index (χ2v) is 3.21. The number of hydrogen-bond acceptors (Lipinski definition) is 3. The predicted octanol–water partition coefficient (Wildman–Crippen LogP) is -0.128. The second-order valence-electron chi connectivity index (χ2n) is 3.21. The van der Waals surface area contributed by atoms with Gasteiger partial charge in [-0.05, 0) is 32.2 Å². The van der Waals surface area contributed by atoms with Crippen molar-refractivity contribution in [3.05, 3.63) is 0 Å². The Labute approximate surface area is 67.4 Å². The fourth-order valence-electron chi connectivity index (χ4n) is 1.30. The van der Waals surface area contributed by atoms with E-state index in [2.05, 4.69) is 5.32 Å². The summed E-state index contributed by atoms with van der Waals surface area (Å²) in [6.45, 7) is 1.26. The van der Waals surface area contributed by atoms with Gasteiger partial charge in [-0.15, -0.1) is 0 Å². The number of aliphatic hydroxyl groups excluding tert-OH is 2. The lowest BCUT2D eigenvalue weighted by Crippen LogP contribution is -2.44. The highest BCUT2D eigenvalue weighted by molar-refractivity contribution is 4.84. The van der Waals surface area contributed by atoms with Crippen molar-refractivity contribution in [3.63, 3.8) is 0 Å². The zero-order valence-electron chi connectivity index (χ0n) is 6.79. The topological polar surface area (TPSA) is 52.5 Å². The van der Waals surface area contributed by atoms with Crippen molar-refractivity contribution in [2.75, 3.05) is 13.2 Å². The predicted molar refractivity (Wildman–Crippen MR) is 43.4 cm³/mol. The Kier molecular flexibility index (Phi) is 3.83. The van der Waals surface area contributed by atoms with Gasteiger partial charge < -0.3 is 15.5 Å². The zero-order valence-corrected chi connectivity index (χ0v) is 6.79. The van der Waals surface area contributed by atoms with E-state index in [1.54, 1.807) is 0 Å². The summed E-state index contributed by atoms with van der Waals surface area (Å²) in [5.74, 6) is 0. The molecule has 0 aromatic rings. The molecule has 0 radical (unpaired) electrons. The van der Waals surface area contributed by atoms with E-state index in [1.165, 1.54) is 0 Å². The van der Waals surface area contributed by atoms with Crippen molar-refractivity contribution in [1.29, 1.82) is 0 Å². The van der Waals surface area contributed by atoms with Gasteiger partial charge in [-0.3, -0.25) is 0 Å². The van der Waals surface area contributed by atoms with E-state index in [0.29, 0.717) is 6.04 Å². The minimum atomic E-state index is -0.0645. The van der Waals surface area contributed by atoms with Crippen LogP contribution in [0.3, 0.4) is 0 Å². The molecule has 0 heterocycles. The van der Waals surface area contributed by atoms with Gasteiger partial charge in [-0.2, -0.15) is 0 Å². The Morgan fingerprint density at radius 2 is 2.00 bits per heavy atom. The fourth-order valence-corrected chi connectivity index (χ4v) is 1.30. The van der Waals surface area contributed by atoms with E-state index in [-0.39, 0.29) is 12.7 Å². The molecule has 1 rings (SSSR count). The van der Waals surface area contributed by atoms with Crippen LogP contribution in [0, 0.1) is 0 Å². The van der Waals surface area contributed by atoms with Gasteiger partial charge in [-0.1, -0.05) is 0 Å². The molecule has 1 fully saturated rings. The molecular weight excluding hydrogens is 142 g/mol. The third-order valence-corrected chi connectivity index (χ3v) is 2.13. The molecule has 3 heteroatoms. The van der Waals surface area contributed by atoms with E-state index in [4.69, 9.17) is 10.2 Å². The molecule has 0 bridgehead atoms. The molecule has 0 spiro atoms. The Bertz CT molecular complexity index is 102. The lowest BCUT2D eigenvalue weighted by molar-refractivity contribution is 0.0624. The van der Waals surface area contributed by atoms with Crippen LogP contribution in [0.25, 0.3) is 0 Å². The van der Waals surface area contributed by atoms with Crippen LogP contribution < -0.4 is 5.32 Å².